The molecule has 0 aromatic heterocycles. The second-order valence-corrected chi connectivity index (χ2v) is 4.31. The minimum absolute atomic E-state index is 0. The van der Waals surface area contributed by atoms with Crippen molar-refractivity contribution in [2.24, 2.45) is 11.7 Å². The van der Waals surface area contributed by atoms with Gasteiger partial charge in [0.25, 0.3) is 0 Å². The largest absolute Gasteiger partial charge is 0.496 e. The Hall–Kier alpha value is -1.13. The zero-order valence-corrected chi connectivity index (χ0v) is 11.8. The van der Waals surface area contributed by atoms with Crippen molar-refractivity contribution < 1.29 is 14.2 Å². The molecule has 2 rings (SSSR count). The maximum absolute atomic E-state index is 6.24. The van der Waals surface area contributed by atoms with Crippen LogP contribution in [0.4, 0.5) is 0 Å². The van der Waals surface area contributed by atoms with E-state index >= 15 is 0 Å². The van der Waals surface area contributed by atoms with E-state index in [4.69, 9.17) is 19.9 Å². The fraction of sp³-hybridized carbons (Fsp3) is 0.538. The molecule has 0 unspecified atom stereocenters. The summed E-state index contributed by atoms with van der Waals surface area (Å²) < 4.78 is 16.0. The van der Waals surface area contributed by atoms with Crippen LogP contribution >= 0.6 is 12.4 Å². The summed E-state index contributed by atoms with van der Waals surface area (Å²) in [4.78, 5) is 0. The fourth-order valence-corrected chi connectivity index (χ4v) is 2.05. The monoisotopic (exact) mass is 273 g/mol. The molecule has 0 bridgehead atoms. The van der Waals surface area contributed by atoms with Crippen LogP contribution in [-0.2, 0) is 0 Å². The topological polar surface area (TPSA) is 53.7 Å². The number of hydrogen-bond acceptors (Lipinski definition) is 4. The lowest BCUT2D eigenvalue weighted by atomic mass is 10.0. The predicted octanol–water partition coefficient (Wildman–Crippen LogP) is 2.54. The van der Waals surface area contributed by atoms with Gasteiger partial charge < -0.3 is 19.9 Å². The van der Waals surface area contributed by atoms with E-state index in [9.17, 15) is 0 Å². The van der Waals surface area contributed by atoms with E-state index < -0.39 is 0 Å². The maximum atomic E-state index is 6.24. The van der Waals surface area contributed by atoms with Crippen molar-refractivity contribution in [1.29, 1.82) is 0 Å². The molecule has 1 aromatic carbocycles. The van der Waals surface area contributed by atoms with Gasteiger partial charge in [-0.1, -0.05) is 0 Å². The lowest BCUT2D eigenvalue weighted by Gasteiger charge is -2.19. The van der Waals surface area contributed by atoms with Gasteiger partial charge in [0.2, 0.25) is 0 Å². The molecule has 5 heteroatoms. The Bertz CT molecular complexity index is 382. The molecule has 1 fully saturated rings. The molecule has 1 aromatic rings. The van der Waals surface area contributed by atoms with Gasteiger partial charge in [0.1, 0.15) is 17.2 Å². The highest BCUT2D eigenvalue weighted by Crippen LogP contribution is 2.46. The van der Waals surface area contributed by atoms with Crippen LogP contribution in [0.5, 0.6) is 17.2 Å². The van der Waals surface area contributed by atoms with Crippen LogP contribution in [0, 0.1) is 5.92 Å². The molecular formula is C13H20ClNO3. The molecular weight excluding hydrogens is 254 g/mol. The van der Waals surface area contributed by atoms with Crippen molar-refractivity contribution in [3.63, 3.8) is 0 Å². The smallest absolute Gasteiger partial charge is 0.131 e. The number of nitrogens with two attached hydrogens (primary N) is 1. The Balaban J connectivity index is 0.00000162. The lowest BCUT2D eigenvalue weighted by molar-refractivity contribution is 0.361. The van der Waals surface area contributed by atoms with Gasteiger partial charge >= 0.3 is 0 Å². The molecule has 1 aliphatic carbocycles. The van der Waals surface area contributed by atoms with E-state index in [1.165, 1.54) is 12.8 Å². The zero-order chi connectivity index (χ0) is 12.4. The Labute approximate surface area is 114 Å². The first-order valence-electron chi connectivity index (χ1n) is 5.76. The van der Waals surface area contributed by atoms with Crippen molar-refractivity contribution >= 4 is 12.4 Å². The lowest BCUT2D eigenvalue weighted by Crippen LogP contribution is -2.15. The van der Waals surface area contributed by atoms with Gasteiger partial charge in [0.15, 0.2) is 0 Å². The van der Waals surface area contributed by atoms with Crippen molar-refractivity contribution in [2.75, 3.05) is 21.3 Å². The third-order valence-corrected chi connectivity index (χ3v) is 3.22. The van der Waals surface area contributed by atoms with Crippen molar-refractivity contribution in [3.8, 4) is 17.2 Å². The second-order valence-electron chi connectivity index (χ2n) is 4.31. The van der Waals surface area contributed by atoms with E-state index in [0.717, 1.165) is 17.1 Å². The second kappa shape index (κ2) is 6.16. The number of hydrogen-bond donors (Lipinski definition) is 1. The van der Waals surface area contributed by atoms with Gasteiger partial charge in [-0.05, 0) is 18.8 Å². The normalized spacial score (nSPS) is 15.6. The molecule has 0 spiro atoms. The number of rotatable bonds is 5. The first kappa shape index (κ1) is 14.9. The average Bonchev–Trinajstić information content (AvgIpc) is 3.20. The van der Waals surface area contributed by atoms with Gasteiger partial charge in [-0.25, -0.2) is 0 Å². The molecule has 0 saturated heterocycles. The molecule has 0 amide bonds. The summed E-state index contributed by atoms with van der Waals surface area (Å²) >= 11 is 0. The molecule has 1 atom stereocenters. The predicted molar refractivity (Wildman–Crippen MR) is 73.0 cm³/mol. The first-order valence-corrected chi connectivity index (χ1v) is 5.76. The van der Waals surface area contributed by atoms with Crippen LogP contribution in [0.3, 0.4) is 0 Å². The quantitative estimate of drug-likeness (QED) is 0.896. The summed E-state index contributed by atoms with van der Waals surface area (Å²) in [6.45, 7) is 0. The van der Waals surface area contributed by atoms with Gasteiger partial charge in [0, 0.05) is 18.2 Å². The van der Waals surface area contributed by atoms with Gasteiger partial charge in [-0.3, -0.25) is 0 Å². The molecule has 18 heavy (non-hydrogen) atoms. The molecule has 102 valence electrons. The van der Waals surface area contributed by atoms with E-state index in [1.807, 2.05) is 12.1 Å². The molecule has 0 radical (unpaired) electrons. The summed E-state index contributed by atoms with van der Waals surface area (Å²) in [5, 5.41) is 0. The maximum Gasteiger partial charge on any atom is 0.131 e. The Morgan fingerprint density at radius 2 is 1.56 bits per heavy atom. The molecule has 1 aliphatic rings. The minimum atomic E-state index is -0.0224. The molecule has 1 saturated carbocycles. The van der Waals surface area contributed by atoms with Crippen LogP contribution in [0.1, 0.15) is 24.4 Å². The van der Waals surface area contributed by atoms with E-state index in [1.54, 1.807) is 21.3 Å². The Kier molecular flexibility index (Phi) is 5.11. The fourth-order valence-electron chi connectivity index (χ4n) is 2.05. The van der Waals surface area contributed by atoms with Crippen LogP contribution in [0.25, 0.3) is 0 Å². The number of halogens is 1. The van der Waals surface area contributed by atoms with E-state index in [-0.39, 0.29) is 18.4 Å². The highest BCUT2D eigenvalue weighted by molar-refractivity contribution is 5.85. The van der Waals surface area contributed by atoms with E-state index in [0.29, 0.717) is 11.7 Å². The molecule has 0 heterocycles. The molecule has 4 nitrogen and oxygen atoms in total. The Morgan fingerprint density at radius 1 is 1.06 bits per heavy atom. The SMILES string of the molecule is COc1cc(OC)c([C@H](N)C2CC2)c(OC)c1.Cl. The average molecular weight is 274 g/mol. The van der Waals surface area contributed by atoms with Gasteiger partial charge in [-0.15, -0.1) is 12.4 Å². The van der Waals surface area contributed by atoms with Crippen molar-refractivity contribution in [3.05, 3.63) is 17.7 Å². The van der Waals surface area contributed by atoms with E-state index in [2.05, 4.69) is 0 Å². The first-order chi connectivity index (χ1) is 8.21. The minimum Gasteiger partial charge on any atom is -0.496 e. The summed E-state index contributed by atoms with van der Waals surface area (Å²) in [6, 6.07) is 3.67. The van der Waals surface area contributed by atoms with Crippen LogP contribution < -0.4 is 19.9 Å². The van der Waals surface area contributed by atoms with Gasteiger partial charge in [-0.2, -0.15) is 0 Å². The molecule has 2 N–H and O–H groups in total. The highest BCUT2D eigenvalue weighted by atomic mass is 35.5. The third kappa shape index (κ3) is 2.82. The summed E-state index contributed by atoms with van der Waals surface area (Å²) in [7, 11) is 4.89. The van der Waals surface area contributed by atoms with Crippen LogP contribution in [0.15, 0.2) is 12.1 Å². The van der Waals surface area contributed by atoms with Crippen molar-refractivity contribution in [2.45, 2.75) is 18.9 Å². The third-order valence-electron chi connectivity index (χ3n) is 3.22. The summed E-state index contributed by atoms with van der Waals surface area (Å²) in [6.07, 6.45) is 2.36. The number of methoxy groups -OCH3 is 3. The number of benzene rings is 1. The molecule has 0 aliphatic heterocycles. The van der Waals surface area contributed by atoms with Gasteiger partial charge in [0.05, 0.1) is 26.9 Å². The standard InChI is InChI=1S/C13H19NO3.ClH/c1-15-9-6-10(16-2)12(11(7-9)17-3)13(14)8-4-5-8;/h6-8,13H,4-5,14H2,1-3H3;1H/t13-;/m1./s1. The van der Waals surface area contributed by atoms with Crippen molar-refractivity contribution in [1.82, 2.24) is 0 Å². The van der Waals surface area contributed by atoms with Crippen LogP contribution in [-0.4, -0.2) is 21.3 Å². The summed E-state index contributed by atoms with van der Waals surface area (Å²) in [5.41, 5.74) is 7.19. The van der Waals surface area contributed by atoms with Crippen LogP contribution in [0.2, 0.25) is 0 Å². The summed E-state index contributed by atoms with van der Waals surface area (Å²) in [5.74, 6) is 2.73. The highest BCUT2D eigenvalue weighted by Gasteiger charge is 2.33. The number of ether oxygens (including phenoxy) is 3. The zero-order valence-electron chi connectivity index (χ0n) is 10.9. The Morgan fingerprint density at radius 3 is 1.89 bits per heavy atom.